The van der Waals surface area contributed by atoms with Gasteiger partial charge in [-0.05, 0) is 12.1 Å². The number of hydrogen-bond acceptors (Lipinski definition) is 7. The van der Waals surface area contributed by atoms with Crippen LogP contribution in [-0.2, 0) is 13.6 Å². The molecule has 246 valence electrons. The molecule has 0 saturated heterocycles. The van der Waals surface area contributed by atoms with E-state index in [-0.39, 0.29) is 18.8 Å². The monoisotopic (exact) mass is 676 g/mol. The Morgan fingerprint density at radius 3 is 2.06 bits per heavy atom. The Morgan fingerprint density at radius 1 is 0.872 bits per heavy atom. The highest BCUT2D eigenvalue weighted by molar-refractivity contribution is 6.39. The molecule has 0 fully saturated rings. The van der Waals surface area contributed by atoms with Crippen LogP contribution in [0.5, 0.6) is 0 Å². The van der Waals surface area contributed by atoms with Crippen molar-refractivity contribution in [3.63, 3.8) is 0 Å². The molecule has 2 aromatic carbocycles. The first-order chi connectivity index (χ1) is 22.7. The molecule has 5 aromatic rings. The highest BCUT2D eigenvalue weighted by Crippen LogP contribution is 2.42. The van der Waals surface area contributed by atoms with Gasteiger partial charge in [0.25, 0.3) is 5.56 Å². The Morgan fingerprint density at radius 2 is 1.47 bits per heavy atom. The molecule has 47 heavy (non-hydrogen) atoms. The lowest BCUT2D eigenvalue weighted by Crippen LogP contribution is -2.27. The first-order valence-corrected chi connectivity index (χ1v) is 15.9. The van der Waals surface area contributed by atoms with Crippen molar-refractivity contribution < 1.29 is 15.0 Å². The second kappa shape index (κ2) is 15.2. The summed E-state index contributed by atoms with van der Waals surface area (Å²) in [5.41, 5.74) is 7.03. The van der Waals surface area contributed by atoms with Gasteiger partial charge in [-0.1, -0.05) is 59.6 Å². The van der Waals surface area contributed by atoms with E-state index >= 15 is 0 Å². The molecule has 4 N–H and O–H groups in total. The van der Waals surface area contributed by atoms with Gasteiger partial charge in [0.05, 0.1) is 34.6 Å². The molecule has 0 radical (unpaired) electrons. The maximum absolute atomic E-state index is 13.2. The quantitative estimate of drug-likeness (QED) is 0.101. The van der Waals surface area contributed by atoms with Crippen molar-refractivity contribution in [2.75, 3.05) is 46.9 Å². The molecule has 12 heteroatoms. The molecule has 3 heterocycles. The summed E-state index contributed by atoms with van der Waals surface area (Å²) in [6.07, 6.45) is 8.32. The van der Waals surface area contributed by atoms with E-state index in [4.69, 9.17) is 33.4 Å². The van der Waals surface area contributed by atoms with Crippen LogP contribution >= 0.6 is 23.2 Å². The van der Waals surface area contributed by atoms with E-state index in [9.17, 15) is 9.59 Å². The second-order valence-corrected chi connectivity index (χ2v) is 12.1. The van der Waals surface area contributed by atoms with Crippen molar-refractivity contribution in [2.24, 2.45) is 7.05 Å². The first-order valence-electron chi connectivity index (χ1n) is 15.2. The molecule has 0 bridgehead atoms. The minimum absolute atomic E-state index is 0.0117. The number of halogens is 2. The number of benzene rings is 2. The largest absolute Gasteiger partial charge is 0.395 e. The lowest BCUT2D eigenvalue weighted by atomic mass is 9.97. The van der Waals surface area contributed by atoms with Gasteiger partial charge in [-0.2, -0.15) is 0 Å². The van der Waals surface area contributed by atoms with Crippen LogP contribution in [0.4, 0.5) is 0 Å². The molecule has 0 spiro atoms. The zero-order valence-electron chi connectivity index (χ0n) is 26.5. The lowest BCUT2D eigenvalue weighted by Gasteiger charge is -2.18. The normalized spacial score (nSPS) is 11.9. The topological polar surface area (TPSA) is 116 Å². The van der Waals surface area contributed by atoms with E-state index in [1.165, 1.54) is 0 Å². The predicted octanol–water partition coefficient (Wildman–Crippen LogP) is 4.58. The standard InChI is InChI=1S/C35H38Cl2N6O4/c1-40(2)26(16-38-10-12-44)20-42-18-23(14-25(42)22-46)28-6-4-8-30(33(28)36)31-9-5-7-29(34(31)37)24-15-32-35(47)41(3)27(17-39-11-13-45)21-43(32)19-24/h4-9,14-15,18-22,38-39,44-45H,10-13,16-17H2,1-3H3/b26-20-. The number of aliphatic hydroxyl groups excluding tert-OH is 2. The second-order valence-electron chi connectivity index (χ2n) is 11.3. The summed E-state index contributed by atoms with van der Waals surface area (Å²) in [5, 5.41) is 25.5. The van der Waals surface area contributed by atoms with E-state index < -0.39 is 0 Å². The molecule has 0 atom stereocenters. The molecule has 0 unspecified atom stereocenters. The summed E-state index contributed by atoms with van der Waals surface area (Å²) in [5.74, 6) is 0. The number of likely N-dealkylation sites (N-methyl/N-ethyl adjacent to an activating group) is 1. The third-order valence-corrected chi connectivity index (χ3v) is 8.87. The maximum Gasteiger partial charge on any atom is 0.274 e. The van der Waals surface area contributed by atoms with Crippen molar-refractivity contribution in [1.29, 1.82) is 0 Å². The van der Waals surface area contributed by atoms with Crippen LogP contribution in [0.15, 0.2) is 77.6 Å². The predicted molar refractivity (Wildman–Crippen MR) is 189 cm³/mol. The Hall–Kier alpha value is -4.16. The van der Waals surface area contributed by atoms with E-state index in [1.54, 1.807) is 26.6 Å². The molecule has 0 aliphatic rings. The number of carbonyl (C=O) groups excluding carboxylic acids is 1. The number of nitrogens with one attached hydrogen (secondary N) is 2. The van der Waals surface area contributed by atoms with Gasteiger partial charge in [-0.15, -0.1) is 0 Å². The number of nitrogens with zero attached hydrogens (tertiary/aromatic N) is 4. The third kappa shape index (κ3) is 7.23. The minimum Gasteiger partial charge on any atom is -0.395 e. The van der Waals surface area contributed by atoms with Crippen LogP contribution < -0.4 is 16.2 Å². The molecule has 5 rings (SSSR count). The lowest BCUT2D eigenvalue weighted by molar-refractivity contribution is 0.111. The van der Waals surface area contributed by atoms with Gasteiger partial charge in [0.2, 0.25) is 0 Å². The van der Waals surface area contributed by atoms with Crippen molar-refractivity contribution in [3.05, 3.63) is 105 Å². The van der Waals surface area contributed by atoms with Crippen LogP contribution in [-0.4, -0.2) is 81.9 Å². The van der Waals surface area contributed by atoms with E-state index in [1.807, 2.05) is 86.3 Å². The number of aldehydes is 1. The van der Waals surface area contributed by atoms with Crippen LogP contribution in [0.2, 0.25) is 10.0 Å². The molecular formula is C35H38Cl2N6O4. The van der Waals surface area contributed by atoms with Crippen LogP contribution in [0.1, 0.15) is 16.2 Å². The molecule has 0 amide bonds. The highest BCUT2D eigenvalue weighted by atomic mass is 35.5. The smallest absolute Gasteiger partial charge is 0.274 e. The molecule has 0 aliphatic carbocycles. The third-order valence-electron chi connectivity index (χ3n) is 8.05. The number of hydrogen-bond donors (Lipinski definition) is 4. The molecule has 10 nitrogen and oxygen atoms in total. The Kier molecular flexibility index (Phi) is 11.0. The number of aliphatic hydroxyl groups is 2. The van der Waals surface area contributed by atoms with Crippen molar-refractivity contribution in [2.45, 2.75) is 6.54 Å². The first kappa shape index (κ1) is 34.2. The number of fused-ring (bicyclic) bond motifs is 1. The van der Waals surface area contributed by atoms with Crippen LogP contribution in [0.25, 0.3) is 45.1 Å². The fourth-order valence-electron chi connectivity index (χ4n) is 5.46. The molecular weight excluding hydrogens is 639 g/mol. The summed E-state index contributed by atoms with van der Waals surface area (Å²) < 4.78 is 5.17. The summed E-state index contributed by atoms with van der Waals surface area (Å²) in [4.78, 5) is 27.2. The average Bonchev–Trinajstić information content (AvgIpc) is 3.67. The zero-order valence-corrected chi connectivity index (χ0v) is 28.0. The Labute approximate surface area is 283 Å². The number of carbonyl (C=O) groups is 1. The van der Waals surface area contributed by atoms with Crippen molar-refractivity contribution in [3.8, 4) is 33.4 Å². The van der Waals surface area contributed by atoms with Gasteiger partial charge < -0.3 is 39.3 Å². The highest BCUT2D eigenvalue weighted by Gasteiger charge is 2.18. The van der Waals surface area contributed by atoms with Crippen molar-refractivity contribution >= 4 is 41.2 Å². The minimum atomic E-state index is -0.141. The van der Waals surface area contributed by atoms with Crippen molar-refractivity contribution in [1.82, 2.24) is 29.1 Å². The maximum atomic E-state index is 13.2. The molecule has 0 saturated carbocycles. The number of aromatic nitrogens is 3. The van der Waals surface area contributed by atoms with Crippen LogP contribution in [0, 0.1) is 0 Å². The fraction of sp³-hybridized carbons (Fsp3) is 0.257. The molecule has 0 aliphatic heterocycles. The van der Waals surface area contributed by atoms with E-state index in [2.05, 4.69) is 10.6 Å². The van der Waals surface area contributed by atoms with Gasteiger partial charge in [0.15, 0.2) is 6.29 Å². The summed E-state index contributed by atoms with van der Waals surface area (Å²) in [7, 11) is 5.57. The summed E-state index contributed by atoms with van der Waals surface area (Å²) in [6, 6.07) is 15.1. The zero-order chi connectivity index (χ0) is 33.7. The van der Waals surface area contributed by atoms with E-state index in [0.29, 0.717) is 47.4 Å². The average molecular weight is 678 g/mol. The summed E-state index contributed by atoms with van der Waals surface area (Å²) in [6.45, 7) is 1.88. The van der Waals surface area contributed by atoms with Crippen LogP contribution in [0.3, 0.4) is 0 Å². The Bertz CT molecular complexity index is 1990. The van der Waals surface area contributed by atoms with Gasteiger partial charge >= 0.3 is 0 Å². The van der Waals surface area contributed by atoms with Gasteiger partial charge in [-0.3, -0.25) is 9.59 Å². The number of rotatable bonds is 14. The molecule has 3 aromatic heterocycles. The fourth-order valence-corrected chi connectivity index (χ4v) is 6.14. The Balaban J connectivity index is 1.52. The SMILES string of the molecule is CN(C)/C(=C\n1cc(-c2cccc(-c3cccc(-c4cc5c(=O)n(C)c(CNCCO)cn5c4)c3Cl)c2Cl)cc1C=O)CNCCO. The van der Waals surface area contributed by atoms with Gasteiger partial charge in [0, 0.05) is 111 Å². The van der Waals surface area contributed by atoms with Gasteiger partial charge in [0.1, 0.15) is 5.52 Å². The van der Waals surface area contributed by atoms with Gasteiger partial charge in [-0.25, -0.2) is 0 Å². The van der Waals surface area contributed by atoms with E-state index in [0.717, 1.165) is 51.1 Å². The summed E-state index contributed by atoms with van der Waals surface area (Å²) >= 11 is 14.2.